The van der Waals surface area contributed by atoms with Gasteiger partial charge in [0.15, 0.2) is 5.65 Å². The molecule has 0 amide bonds. The molecule has 0 unspecified atom stereocenters. The largest absolute Gasteiger partial charge is 0.296 e. The van der Waals surface area contributed by atoms with Crippen LogP contribution in [0.5, 0.6) is 0 Å². The van der Waals surface area contributed by atoms with Crippen molar-refractivity contribution in [1.29, 1.82) is 0 Å². The maximum absolute atomic E-state index is 6.02. The van der Waals surface area contributed by atoms with Crippen LogP contribution in [0, 0.1) is 0 Å². The van der Waals surface area contributed by atoms with Gasteiger partial charge in [0.05, 0.1) is 0 Å². The summed E-state index contributed by atoms with van der Waals surface area (Å²) >= 11 is 11.9. The first-order valence-electron chi connectivity index (χ1n) is 4.45. The molecular formula is C9H7Cl2N3. The molecule has 2 aromatic heterocycles. The Bertz CT molecular complexity index is 502. The first-order chi connectivity index (χ1) is 6.75. The van der Waals surface area contributed by atoms with Crippen LogP contribution in [-0.4, -0.2) is 14.5 Å². The van der Waals surface area contributed by atoms with E-state index < -0.39 is 0 Å². The topological polar surface area (TPSA) is 30.7 Å². The first kappa shape index (κ1) is 8.50. The molecule has 0 aliphatic heterocycles. The monoisotopic (exact) mass is 227 g/mol. The molecule has 1 aliphatic rings. The zero-order valence-electron chi connectivity index (χ0n) is 7.24. The Hall–Kier alpha value is -0.800. The Balaban J connectivity index is 2.34. The number of imidazole rings is 1. The zero-order chi connectivity index (χ0) is 9.71. The summed E-state index contributed by atoms with van der Waals surface area (Å²) in [5.41, 5.74) is 1.61. The van der Waals surface area contributed by atoms with Crippen molar-refractivity contribution >= 4 is 34.4 Å². The van der Waals surface area contributed by atoms with Gasteiger partial charge in [-0.3, -0.25) is 4.57 Å². The molecule has 2 aromatic rings. The Morgan fingerprint density at radius 2 is 2.00 bits per heavy atom. The zero-order valence-corrected chi connectivity index (χ0v) is 8.76. The van der Waals surface area contributed by atoms with Crippen molar-refractivity contribution in [3.63, 3.8) is 0 Å². The number of nitrogens with zero attached hydrogens (tertiary/aromatic N) is 3. The number of halogens is 2. The third-order valence-electron chi connectivity index (χ3n) is 2.37. The molecule has 72 valence electrons. The van der Waals surface area contributed by atoms with Crippen molar-refractivity contribution in [2.24, 2.45) is 0 Å². The first-order valence-corrected chi connectivity index (χ1v) is 5.21. The SMILES string of the molecule is Clc1ccc2nc(Cl)n(C3CC3)c2n1. The molecule has 1 aliphatic carbocycles. The second kappa shape index (κ2) is 2.84. The van der Waals surface area contributed by atoms with Gasteiger partial charge in [0.2, 0.25) is 5.28 Å². The van der Waals surface area contributed by atoms with Crippen molar-refractivity contribution in [2.45, 2.75) is 18.9 Å². The highest BCUT2D eigenvalue weighted by Crippen LogP contribution is 2.39. The van der Waals surface area contributed by atoms with E-state index in [1.54, 1.807) is 6.07 Å². The molecule has 0 saturated heterocycles. The summed E-state index contributed by atoms with van der Waals surface area (Å²) in [6.07, 6.45) is 2.30. The minimum absolute atomic E-state index is 0.471. The van der Waals surface area contributed by atoms with Crippen molar-refractivity contribution in [3.05, 3.63) is 22.6 Å². The second-order valence-electron chi connectivity index (χ2n) is 3.46. The Labute approximate surface area is 90.7 Å². The van der Waals surface area contributed by atoms with Crippen molar-refractivity contribution in [1.82, 2.24) is 14.5 Å². The predicted molar refractivity (Wildman–Crippen MR) is 55.8 cm³/mol. The van der Waals surface area contributed by atoms with E-state index >= 15 is 0 Å². The van der Waals surface area contributed by atoms with Crippen LogP contribution in [-0.2, 0) is 0 Å². The number of hydrogen-bond acceptors (Lipinski definition) is 2. The maximum Gasteiger partial charge on any atom is 0.205 e. The summed E-state index contributed by atoms with van der Waals surface area (Å²) in [6.45, 7) is 0. The summed E-state index contributed by atoms with van der Waals surface area (Å²) in [5, 5.41) is 0.994. The Morgan fingerprint density at radius 3 is 2.71 bits per heavy atom. The summed E-state index contributed by atoms with van der Waals surface area (Å²) in [4.78, 5) is 8.46. The molecule has 0 bridgehead atoms. The molecule has 2 heterocycles. The van der Waals surface area contributed by atoms with Gasteiger partial charge >= 0.3 is 0 Å². The molecule has 3 nitrogen and oxygen atoms in total. The van der Waals surface area contributed by atoms with Gasteiger partial charge in [-0.2, -0.15) is 0 Å². The van der Waals surface area contributed by atoms with Gasteiger partial charge in [0.25, 0.3) is 0 Å². The quantitative estimate of drug-likeness (QED) is 0.702. The van der Waals surface area contributed by atoms with E-state index in [4.69, 9.17) is 23.2 Å². The maximum atomic E-state index is 6.02. The molecule has 0 radical (unpaired) electrons. The minimum Gasteiger partial charge on any atom is -0.296 e. The fourth-order valence-electron chi connectivity index (χ4n) is 1.58. The molecule has 14 heavy (non-hydrogen) atoms. The third-order valence-corrected chi connectivity index (χ3v) is 2.85. The molecule has 1 fully saturated rings. The van der Waals surface area contributed by atoms with Gasteiger partial charge < -0.3 is 0 Å². The van der Waals surface area contributed by atoms with E-state index in [-0.39, 0.29) is 0 Å². The van der Waals surface area contributed by atoms with Crippen LogP contribution in [0.15, 0.2) is 12.1 Å². The second-order valence-corrected chi connectivity index (χ2v) is 4.18. The van der Waals surface area contributed by atoms with Gasteiger partial charge in [-0.05, 0) is 36.6 Å². The van der Waals surface area contributed by atoms with Gasteiger partial charge in [-0.1, -0.05) is 11.6 Å². The standard InChI is InChI=1S/C9H7Cl2N3/c10-7-4-3-6-8(13-7)14(5-1-2-5)9(11)12-6/h3-5H,1-2H2. The lowest BCUT2D eigenvalue weighted by molar-refractivity contribution is 0.758. The lowest BCUT2D eigenvalue weighted by atomic mass is 10.4. The van der Waals surface area contributed by atoms with E-state index in [2.05, 4.69) is 9.97 Å². The molecule has 3 rings (SSSR count). The molecule has 0 N–H and O–H groups in total. The smallest absolute Gasteiger partial charge is 0.205 e. The molecule has 1 saturated carbocycles. The van der Waals surface area contributed by atoms with Gasteiger partial charge in [0.1, 0.15) is 10.7 Å². The highest BCUT2D eigenvalue weighted by atomic mass is 35.5. The molecule has 0 aromatic carbocycles. The normalized spacial score (nSPS) is 16.4. The number of hydrogen-bond donors (Lipinski definition) is 0. The molecular weight excluding hydrogens is 221 g/mol. The van der Waals surface area contributed by atoms with Gasteiger partial charge in [-0.15, -0.1) is 0 Å². The van der Waals surface area contributed by atoms with Crippen LogP contribution in [0.4, 0.5) is 0 Å². The summed E-state index contributed by atoms with van der Waals surface area (Å²) in [7, 11) is 0. The average molecular weight is 228 g/mol. The fourth-order valence-corrected chi connectivity index (χ4v) is 2.03. The highest BCUT2D eigenvalue weighted by molar-refractivity contribution is 6.30. The van der Waals surface area contributed by atoms with Gasteiger partial charge in [-0.25, -0.2) is 9.97 Å². The van der Waals surface area contributed by atoms with E-state index in [0.717, 1.165) is 24.0 Å². The summed E-state index contributed by atoms with van der Waals surface area (Å²) < 4.78 is 1.96. The molecule has 0 spiro atoms. The van der Waals surface area contributed by atoms with Crippen LogP contribution in [0.25, 0.3) is 11.2 Å². The van der Waals surface area contributed by atoms with Gasteiger partial charge in [0, 0.05) is 6.04 Å². The fraction of sp³-hybridized carbons (Fsp3) is 0.333. The van der Waals surface area contributed by atoms with Crippen molar-refractivity contribution < 1.29 is 0 Å². The van der Waals surface area contributed by atoms with Crippen LogP contribution >= 0.6 is 23.2 Å². The number of pyridine rings is 1. The van der Waals surface area contributed by atoms with Crippen LogP contribution in [0.3, 0.4) is 0 Å². The lowest BCUT2D eigenvalue weighted by Crippen LogP contribution is -1.95. The predicted octanol–water partition coefficient (Wildman–Crippen LogP) is 3.07. The van der Waals surface area contributed by atoms with E-state index in [1.165, 1.54) is 0 Å². The summed E-state index contributed by atoms with van der Waals surface area (Å²) in [5.74, 6) is 0. The third kappa shape index (κ3) is 1.20. The highest BCUT2D eigenvalue weighted by Gasteiger charge is 2.28. The van der Waals surface area contributed by atoms with Crippen LogP contribution < -0.4 is 0 Å². The average Bonchev–Trinajstić information content (AvgIpc) is 2.90. The number of aromatic nitrogens is 3. The summed E-state index contributed by atoms with van der Waals surface area (Å²) in [6, 6.07) is 4.04. The number of fused-ring (bicyclic) bond motifs is 1. The van der Waals surface area contributed by atoms with E-state index in [1.807, 2.05) is 10.6 Å². The lowest BCUT2D eigenvalue weighted by Gasteiger charge is -2.00. The molecule has 0 atom stereocenters. The Morgan fingerprint density at radius 1 is 1.21 bits per heavy atom. The van der Waals surface area contributed by atoms with E-state index in [9.17, 15) is 0 Å². The van der Waals surface area contributed by atoms with Crippen molar-refractivity contribution in [3.8, 4) is 0 Å². The minimum atomic E-state index is 0.471. The molecule has 5 heteroatoms. The number of rotatable bonds is 1. The van der Waals surface area contributed by atoms with Crippen molar-refractivity contribution in [2.75, 3.05) is 0 Å². The van der Waals surface area contributed by atoms with E-state index in [0.29, 0.717) is 16.5 Å². The Kier molecular flexibility index (Phi) is 1.73. The van der Waals surface area contributed by atoms with Crippen LogP contribution in [0.2, 0.25) is 10.4 Å². The van der Waals surface area contributed by atoms with Crippen LogP contribution in [0.1, 0.15) is 18.9 Å².